The van der Waals surface area contributed by atoms with Gasteiger partial charge in [0.1, 0.15) is 5.75 Å². The maximum atomic E-state index is 5.29. The fourth-order valence-electron chi connectivity index (χ4n) is 1.64. The molecule has 1 aromatic heterocycles. The predicted molar refractivity (Wildman–Crippen MR) is 82.5 cm³/mol. The number of anilines is 1. The molecule has 0 aliphatic rings. The minimum Gasteiger partial charge on any atom is -0.495 e. The second kappa shape index (κ2) is 6.34. The fraction of sp³-hybridized carbons (Fsp3) is 0.231. The SMILES string of the molecule is COc1cc(NC(C)c2cnccn2)c(Br)cc1Br. The molecule has 0 fully saturated rings. The van der Waals surface area contributed by atoms with Crippen molar-refractivity contribution in [1.82, 2.24) is 9.97 Å². The highest BCUT2D eigenvalue weighted by Gasteiger charge is 2.11. The molecule has 4 nitrogen and oxygen atoms in total. The quantitative estimate of drug-likeness (QED) is 0.855. The topological polar surface area (TPSA) is 47.0 Å². The molecule has 6 heteroatoms. The van der Waals surface area contributed by atoms with Gasteiger partial charge in [-0.2, -0.15) is 0 Å². The average molecular weight is 387 g/mol. The van der Waals surface area contributed by atoms with E-state index in [1.165, 1.54) is 0 Å². The van der Waals surface area contributed by atoms with Crippen molar-refractivity contribution < 1.29 is 4.74 Å². The van der Waals surface area contributed by atoms with E-state index in [0.717, 1.165) is 26.1 Å². The lowest BCUT2D eigenvalue weighted by molar-refractivity contribution is 0.412. The summed E-state index contributed by atoms with van der Waals surface area (Å²) in [5.74, 6) is 0.775. The van der Waals surface area contributed by atoms with Crippen LogP contribution in [0, 0.1) is 0 Å². The molecule has 0 aliphatic carbocycles. The highest BCUT2D eigenvalue weighted by atomic mass is 79.9. The monoisotopic (exact) mass is 385 g/mol. The Morgan fingerprint density at radius 3 is 2.63 bits per heavy atom. The number of ether oxygens (including phenoxy) is 1. The Kier molecular flexibility index (Phi) is 4.76. The molecular weight excluding hydrogens is 374 g/mol. The van der Waals surface area contributed by atoms with Gasteiger partial charge in [-0.3, -0.25) is 9.97 Å². The summed E-state index contributed by atoms with van der Waals surface area (Å²) in [6, 6.07) is 3.93. The first-order valence-corrected chi connectivity index (χ1v) is 7.26. The highest BCUT2D eigenvalue weighted by Crippen LogP contribution is 2.35. The smallest absolute Gasteiger partial charge is 0.135 e. The Hall–Kier alpha value is -1.14. The Labute approximate surface area is 128 Å². The lowest BCUT2D eigenvalue weighted by Crippen LogP contribution is -2.09. The van der Waals surface area contributed by atoms with Gasteiger partial charge >= 0.3 is 0 Å². The molecule has 1 N–H and O–H groups in total. The molecule has 2 rings (SSSR count). The first-order valence-electron chi connectivity index (χ1n) is 5.67. The first kappa shape index (κ1) is 14.3. The van der Waals surface area contributed by atoms with Crippen LogP contribution in [0.4, 0.5) is 5.69 Å². The van der Waals surface area contributed by atoms with E-state index in [0.29, 0.717) is 0 Å². The van der Waals surface area contributed by atoms with Crippen molar-refractivity contribution in [2.45, 2.75) is 13.0 Å². The third-order valence-corrected chi connectivity index (χ3v) is 3.92. The van der Waals surface area contributed by atoms with Crippen LogP contribution in [-0.2, 0) is 0 Å². The van der Waals surface area contributed by atoms with E-state index >= 15 is 0 Å². The zero-order valence-electron chi connectivity index (χ0n) is 10.5. The van der Waals surface area contributed by atoms with E-state index < -0.39 is 0 Å². The number of methoxy groups -OCH3 is 1. The second-order valence-corrected chi connectivity index (χ2v) is 5.67. The molecule has 19 heavy (non-hydrogen) atoms. The Balaban J connectivity index is 2.24. The van der Waals surface area contributed by atoms with E-state index in [1.54, 1.807) is 25.7 Å². The molecule has 1 atom stereocenters. The molecule has 0 spiro atoms. The average Bonchev–Trinajstić information content (AvgIpc) is 2.42. The maximum absolute atomic E-state index is 5.29. The van der Waals surface area contributed by atoms with E-state index in [2.05, 4.69) is 47.1 Å². The van der Waals surface area contributed by atoms with Crippen LogP contribution in [0.1, 0.15) is 18.7 Å². The Morgan fingerprint density at radius 2 is 2.00 bits per heavy atom. The van der Waals surface area contributed by atoms with Gasteiger partial charge in [-0.05, 0) is 44.8 Å². The molecule has 0 radical (unpaired) electrons. The number of nitrogens with one attached hydrogen (secondary N) is 1. The lowest BCUT2D eigenvalue weighted by Gasteiger charge is -2.17. The molecule has 0 saturated heterocycles. The van der Waals surface area contributed by atoms with Crippen LogP contribution in [0.5, 0.6) is 5.75 Å². The summed E-state index contributed by atoms with van der Waals surface area (Å²) in [5, 5.41) is 3.38. The van der Waals surface area contributed by atoms with Gasteiger partial charge in [0.2, 0.25) is 0 Å². The van der Waals surface area contributed by atoms with Crippen LogP contribution >= 0.6 is 31.9 Å². The van der Waals surface area contributed by atoms with Crippen molar-refractivity contribution in [1.29, 1.82) is 0 Å². The molecule has 2 aromatic rings. The summed E-state index contributed by atoms with van der Waals surface area (Å²) in [5.41, 5.74) is 1.83. The van der Waals surface area contributed by atoms with Crippen molar-refractivity contribution in [3.8, 4) is 5.75 Å². The van der Waals surface area contributed by atoms with E-state index in [9.17, 15) is 0 Å². The van der Waals surface area contributed by atoms with Gasteiger partial charge in [0.15, 0.2) is 0 Å². The van der Waals surface area contributed by atoms with Crippen LogP contribution in [0.3, 0.4) is 0 Å². The standard InChI is InChI=1S/C13H13Br2N3O/c1-8(12-7-16-3-4-17-12)18-11-6-13(19-2)10(15)5-9(11)14/h3-8,18H,1-2H3. The van der Waals surface area contributed by atoms with Gasteiger partial charge in [0.05, 0.1) is 35.2 Å². The van der Waals surface area contributed by atoms with E-state index in [1.807, 2.05) is 19.1 Å². The summed E-state index contributed by atoms with van der Waals surface area (Å²) in [6.45, 7) is 2.03. The van der Waals surface area contributed by atoms with E-state index in [-0.39, 0.29) is 6.04 Å². The molecule has 1 heterocycles. The third kappa shape index (κ3) is 3.45. The van der Waals surface area contributed by atoms with Crippen molar-refractivity contribution in [3.05, 3.63) is 45.4 Å². The molecule has 0 amide bonds. The number of halogens is 2. The molecule has 0 bridgehead atoms. The van der Waals surface area contributed by atoms with Crippen molar-refractivity contribution in [2.75, 3.05) is 12.4 Å². The molecule has 0 aliphatic heterocycles. The summed E-state index contributed by atoms with van der Waals surface area (Å²) >= 11 is 6.97. The number of rotatable bonds is 4. The summed E-state index contributed by atoms with van der Waals surface area (Å²) in [4.78, 5) is 8.36. The number of hydrogen-bond donors (Lipinski definition) is 1. The van der Waals surface area contributed by atoms with Crippen molar-refractivity contribution in [3.63, 3.8) is 0 Å². The summed E-state index contributed by atoms with van der Waals surface area (Å²) < 4.78 is 7.15. The van der Waals surface area contributed by atoms with Crippen LogP contribution in [0.25, 0.3) is 0 Å². The van der Waals surface area contributed by atoms with Crippen molar-refractivity contribution >= 4 is 37.5 Å². The first-order chi connectivity index (χ1) is 9.11. The largest absolute Gasteiger partial charge is 0.495 e. The minimum absolute atomic E-state index is 0.0517. The van der Waals surface area contributed by atoms with Gasteiger partial charge in [-0.25, -0.2) is 0 Å². The van der Waals surface area contributed by atoms with Gasteiger partial charge < -0.3 is 10.1 Å². The van der Waals surface area contributed by atoms with Gasteiger partial charge in [-0.15, -0.1) is 0 Å². The molecular formula is C13H13Br2N3O. The van der Waals surface area contributed by atoms with Crippen LogP contribution < -0.4 is 10.1 Å². The summed E-state index contributed by atoms with van der Waals surface area (Å²) in [7, 11) is 1.64. The van der Waals surface area contributed by atoms with Crippen LogP contribution in [0.2, 0.25) is 0 Å². The Morgan fingerprint density at radius 1 is 1.21 bits per heavy atom. The minimum atomic E-state index is 0.0517. The zero-order valence-corrected chi connectivity index (χ0v) is 13.7. The van der Waals surface area contributed by atoms with Gasteiger partial charge in [-0.1, -0.05) is 0 Å². The third-order valence-electron chi connectivity index (χ3n) is 2.64. The molecule has 1 unspecified atom stereocenters. The molecule has 1 aromatic carbocycles. The number of hydrogen-bond acceptors (Lipinski definition) is 4. The normalized spacial score (nSPS) is 12.0. The maximum Gasteiger partial charge on any atom is 0.135 e. The number of nitrogens with zero attached hydrogens (tertiary/aromatic N) is 2. The van der Waals surface area contributed by atoms with Gasteiger partial charge in [0.25, 0.3) is 0 Å². The zero-order chi connectivity index (χ0) is 13.8. The predicted octanol–water partition coefficient (Wildman–Crippen LogP) is 4.18. The molecule has 0 saturated carbocycles. The van der Waals surface area contributed by atoms with Crippen LogP contribution in [0.15, 0.2) is 39.7 Å². The second-order valence-electron chi connectivity index (χ2n) is 3.96. The molecule has 100 valence electrons. The number of aromatic nitrogens is 2. The number of benzene rings is 1. The van der Waals surface area contributed by atoms with Gasteiger partial charge in [0, 0.05) is 22.9 Å². The Bertz CT molecular complexity index is 563. The lowest BCUT2D eigenvalue weighted by atomic mass is 10.2. The van der Waals surface area contributed by atoms with E-state index in [4.69, 9.17) is 4.74 Å². The highest BCUT2D eigenvalue weighted by molar-refractivity contribution is 9.11. The van der Waals surface area contributed by atoms with Crippen LogP contribution in [-0.4, -0.2) is 17.1 Å². The summed E-state index contributed by atoms with van der Waals surface area (Å²) in [6.07, 6.45) is 5.10. The van der Waals surface area contributed by atoms with Crippen molar-refractivity contribution in [2.24, 2.45) is 0 Å². The fourth-order valence-corrected chi connectivity index (χ4v) is 2.91.